The van der Waals surface area contributed by atoms with Crippen molar-refractivity contribution in [1.82, 2.24) is 0 Å². The quantitative estimate of drug-likeness (QED) is 0.177. The molecule has 10 rings (SSSR count). The van der Waals surface area contributed by atoms with Crippen molar-refractivity contribution in [3.63, 3.8) is 0 Å². The third kappa shape index (κ3) is 4.80. The van der Waals surface area contributed by atoms with E-state index in [2.05, 4.69) is 180 Å². The lowest BCUT2D eigenvalue weighted by Gasteiger charge is -2.27. The lowest BCUT2D eigenvalue weighted by Crippen LogP contribution is -2.10. The molecular weight excluding hydrogens is 629 g/mol. The number of para-hydroxylation sites is 3. The van der Waals surface area contributed by atoms with Gasteiger partial charge in [-0.05, 0) is 95.7 Å². The average Bonchev–Trinajstić information content (AvgIpc) is 3.73. The van der Waals surface area contributed by atoms with Gasteiger partial charge >= 0.3 is 0 Å². The van der Waals surface area contributed by atoms with Crippen molar-refractivity contribution in [2.75, 3.05) is 9.80 Å². The predicted octanol–water partition coefficient (Wildman–Crippen LogP) is 14.0. The fourth-order valence-electron chi connectivity index (χ4n) is 7.26. The Hall–Kier alpha value is -6.36. The maximum absolute atomic E-state index is 6.39. The van der Waals surface area contributed by atoms with Crippen LogP contribution in [0.5, 0.6) is 0 Å². The summed E-state index contributed by atoms with van der Waals surface area (Å²) in [5.41, 5.74) is 8.34. The van der Waals surface area contributed by atoms with Gasteiger partial charge in [0.1, 0.15) is 11.2 Å². The molecule has 8 aromatic carbocycles. The maximum atomic E-state index is 6.39. The van der Waals surface area contributed by atoms with E-state index < -0.39 is 0 Å². The van der Waals surface area contributed by atoms with E-state index in [1.807, 2.05) is 23.5 Å². The molecule has 3 nitrogen and oxygen atoms in total. The van der Waals surface area contributed by atoms with Crippen LogP contribution >= 0.6 is 11.3 Å². The first kappa shape index (κ1) is 28.6. The van der Waals surface area contributed by atoms with Gasteiger partial charge in [-0.15, -0.1) is 11.3 Å². The summed E-state index contributed by atoms with van der Waals surface area (Å²) in [4.78, 5) is 4.67. The minimum Gasteiger partial charge on any atom is -0.456 e. The standard InChI is InChI=1S/C46H30N2OS/c1-3-11-33(12-4-1)47(34-13-5-2-6-14-34)35-21-19-31-20-22-36(28-32(31)27-35)48(37-23-25-40-39-15-7-9-17-43(39)49-44(40)29-37)38-24-26-42-41-16-8-10-18-45(41)50-46(42)30-38/h1-30H. The van der Waals surface area contributed by atoms with E-state index in [9.17, 15) is 0 Å². The molecule has 0 aliphatic heterocycles. The van der Waals surface area contributed by atoms with Crippen molar-refractivity contribution < 1.29 is 4.42 Å². The monoisotopic (exact) mass is 658 g/mol. The number of rotatable bonds is 6. The molecule has 2 heterocycles. The largest absolute Gasteiger partial charge is 0.456 e. The van der Waals surface area contributed by atoms with Crippen LogP contribution in [0.25, 0.3) is 52.9 Å². The predicted molar refractivity (Wildman–Crippen MR) is 213 cm³/mol. The Kier molecular flexibility index (Phi) is 6.68. The second-order valence-corrected chi connectivity index (χ2v) is 13.7. The first-order valence-electron chi connectivity index (χ1n) is 16.8. The zero-order chi connectivity index (χ0) is 33.0. The van der Waals surface area contributed by atoms with Crippen molar-refractivity contribution in [3.05, 3.63) is 182 Å². The average molecular weight is 659 g/mol. The van der Waals surface area contributed by atoms with Crippen molar-refractivity contribution in [2.24, 2.45) is 0 Å². The first-order chi connectivity index (χ1) is 24.8. The number of nitrogens with zero attached hydrogens (tertiary/aromatic N) is 2. The Morgan fingerprint density at radius 2 is 0.820 bits per heavy atom. The zero-order valence-corrected chi connectivity index (χ0v) is 27.8. The van der Waals surface area contributed by atoms with Gasteiger partial charge in [-0.25, -0.2) is 0 Å². The molecule has 0 radical (unpaired) electrons. The second-order valence-electron chi connectivity index (χ2n) is 12.6. The van der Waals surface area contributed by atoms with Gasteiger partial charge in [0.2, 0.25) is 0 Å². The summed E-state index contributed by atoms with van der Waals surface area (Å²) in [5, 5.41) is 7.18. The Bertz CT molecular complexity index is 2680. The number of fused-ring (bicyclic) bond motifs is 7. The van der Waals surface area contributed by atoms with Crippen molar-refractivity contribution in [3.8, 4) is 0 Å². The fourth-order valence-corrected chi connectivity index (χ4v) is 8.39. The number of thiophene rings is 1. The first-order valence-corrected chi connectivity index (χ1v) is 17.7. The molecule has 0 atom stereocenters. The molecule has 0 N–H and O–H groups in total. The summed E-state index contributed by atoms with van der Waals surface area (Å²) in [6.07, 6.45) is 0. The topological polar surface area (TPSA) is 19.6 Å². The maximum Gasteiger partial charge on any atom is 0.137 e. The molecule has 10 aromatic rings. The van der Waals surface area contributed by atoms with E-state index >= 15 is 0 Å². The highest BCUT2D eigenvalue weighted by Gasteiger charge is 2.18. The molecule has 50 heavy (non-hydrogen) atoms. The van der Waals surface area contributed by atoms with Crippen LogP contribution in [0, 0.1) is 0 Å². The van der Waals surface area contributed by atoms with E-state index in [1.54, 1.807) is 0 Å². The highest BCUT2D eigenvalue weighted by molar-refractivity contribution is 7.25. The van der Waals surface area contributed by atoms with E-state index in [4.69, 9.17) is 4.42 Å². The fraction of sp³-hybridized carbons (Fsp3) is 0. The lowest BCUT2D eigenvalue weighted by molar-refractivity contribution is 0.669. The molecule has 4 heteroatoms. The van der Waals surface area contributed by atoms with Crippen LogP contribution in [0.4, 0.5) is 34.1 Å². The van der Waals surface area contributed by atoms with Crippen molar-refractivity contribution >= 4 is 98.3 Å². The van der Waals surface area contributed by atoms with Crippen LogP contribution in [0.1, 0.15) is 0 Å². The van der Waals surface area contributed by atoms with E-state index in [0.29, 0.717) is 0 Å². The van der Waals surface area contributed by atoms with Crippen LogP contribution in [0.2, 0.25) is 0 Å². The number of hydrogen-bond acceptors (Lipinski definition) is 4. The minimum absolute atomic E-state index is 0.876. The van der Waals surface area contributed by atoms with Crippen LogP contribution in [0.15, 0.2) is 186 Å². The molecule has 2 aromatic heterocycles. The van der Waals surface area contributed by atoms with Crippen LogP contribution in [-0.4, -0.2) is 0 Å². The Labute approximate surface area is 293 Å². The molecule has 0 aliphatic rings. The summed E-state index contributed by atoms with van der Waals surface area (Å²) < 4.78 is 8.96. The third-order valence-corrected chi connectivity index (χ3v) is 10.7. The number of hydrogen-bond donors (Lipinski definition) is 0. The van der Waals surface area contributed by atoms with Crippen LogP contribution in [-0.2, 0) is 0 Å². The van der Waals surface area contributed by atoms with Gasteiger partial charge in [-0.2, -0.15) is 0 Å². The number of furan rings is 1. The second kappa shape index (κ2) is 11.7. The highest BCUT2D eigenvalue weighted by Crippen LogP contribution is 2.43. The van der Waals surface area contributed by atoms with Gasteiger partial charge in [0, 0.05) is 71.1 Å². The van der Waals surface area contributed by atoms with Crippen LogP contribution < -0.4 is 9.80 Å². The SMILES string of the molecule is c1ccc(N(c2ccccc2)c2ccc3ccc(N(c4ccc5c(c4)oc4ccccc45)c4ccc5c(c4)sc4ccccc45)cc3c2)cc1. The van der Waals surface area contributed by atoms with Gasteiger partial charge in [0.15, 0.2) is 0 Å². The smallest absolute Gasteiger partial charge is 0.137 e. The summed E-state index contributed by atoms with van der Waals surface area (Å²) in [6, 6.07) is 65.0. The Morgan fingerprint density at radius 3 is 1.54 bits per heavy atom. The molecule has 0 spiro atoms. The van der Waals surface area contributed by atoms with Gasteiger partial charge in [-0.1, -0.05) is 91.0 Å². The normalized spacial score (nSPS) is 11.6. The van der Waals surface area contributed by atoms with Gasteiger partial charge in [0.05, 0.1) is 0 Å². The zero-order valence-electron chi connectivity index (χ0n) is 27.0. The number of benzene rings is 8. The molecule has 0 unspecified atom stereocenters. The van der Waals surface area contributed by atoms with Crippen molar-refractivity contribution in [1.29, 1.82) is 0 Å². The van der Waals surface area contributed by atoms with Crippen molar-refractivity contribution in [2.45, 2.75) is 0 Å². The van der Waals surface area contributed by atoms with E-state index in [-0.39, 0.29) is 0 Å². The Balaban J connectivity index is 1.16. The van der Waals surface area contributed by atoms with Gasteiger partial charge in [-0.3, -0.25) is 0 Å². The van der Waals surface area contributed by atoms with Gasteiger partial charge in [0.25, 0.3) is 0 Å². The summed E-state index contributed by atoms with van der Waals surface area (Å²) in [6.45, 7) is 0. The van der Waals surface area contributed by atoms with Crippen LogP contribution in [0.3, 0.4) is 0 Å². The summed E-state index contributed by atoms with van der Waals surface area (Å²) in [5.74, 6) is 0. The molecule has 236 valence electrons. The number of anilines is 6. The summed E-state index contributed by atoms with van der Waals surface area (Å²) >= 11 is 1.84. The minimum atomic E-state index is 0.876. The van der Waals surface area contributed by atoms with E-state index in [1.165, 1.54) is 25.6 Å². The molecule has 0 bridgehead atoms. The third-order valence-electron chi connectivity index (χ3n) is 9.59. The molecule has 0 fully saturated rings. The molecule has 0 amide bonds. The lowest BCUT2D eigenvalue weighted by atomic mass is 10.1. The summed E-state index contributed by atoms with van der Waals surface area (Å²) in [7, 11) is 0. The molecule has 0 saturated carbocycles. The van der Waals surface area contributed by atoms with Gasteiger partial charge < -0.3 is 14.2 Å². The molecular formula is C46H30N2OS. The van der Waals surface area contributed by atoms with E-state index in [0.717, 1.165) is 61.4 Å². The Morgan fingerprint density at radius 1 is 0.320 bits per heavy atom. The molecule has 0 saturated heterocycles. The highest BCUT2D eigenvalue weighted by atomic mass is 32.1. The molecule has 0 aliphatic carbocycles.